The van der Waals surface area contributed by atoms with E-state index in [0.29, 0.717) is 5.75 Å². The van der Waals surface area contributed by atoms with Crippen molar-refractivity contribution >= 4 is 27.8 Å². The van der Waals surface area contributed by atoms with Crippen molar-refractivity contribution in [1.29, 1.82) is 0 Å². The minimum absolute atomic E-state index is 0.361. The summed E-state index contributed by atoms with van der Waals surface area (Å²) in [6.45, 7) is 0. The molecule has 7 heteroatoms. The van der Waals surface area contributed by atoms with Gasteiger partial charge in [0.2, 0.25) is 10.0 Å². The maximum Gasteiger partial charge on any atom is 0.324 e. The monoisotopic (exact) mass is 227 g/mol. The van der Waals surface area contributed by atoms with Crippen LogP contribution in [0.3, 0.4) is 0 Å². The molecule has 0 aromatic heterocycles. The Morgan fingerprint density at radius 1 is 1.62 bits per heavy atom. The molecular weight excluding hydrogens is 214 g/mol. The third-order valence-corrected chi connectivity index (χ3v) is 2.55. The Morgan fingerprint density at radius 2 is 2.15 bits per heavy atom. The quantitative estimate of drug-likeness (QED) is 0.637. The zero-order valence-corrected chi connectivity index (χ0v) is 9.37. The Balaban J connectivity index is 4.35. The molecule has 0 aromatic carbocycles. The molecule has 0 aliphatic heterocycles. The third-order valence-electron chi connectivity index (χ3n) is 1.18. The van der Waals surface area contributed by atoms with Gasteiger partial charge in [-0.3, -0.25) is 4.79 Å². The van der Waals surface area contributed by atoms with Crippen LogP contribution in [-0.4, -0.2) is 45.8 Å². The van der Waals surface area contributed by atoms with E-state index in [0.717, 1.165) is 6.26 Å². The number of hydrogen-bond donors (Lipinski definition) is 1. The molecule has 1 atom stereocenters. The molecule has 13 heavy (non-hydrogen) atoms. The van der Waals surface area contributed by atoms with Gasteiger partial charge in [0.05, 0.1) is 13.4 Å². The highest BCUT2D eigenvalue weighted by Crippen LogP contribution is 2.00. The fourth-order valence-electron chi connectivity index (χ4n) is 0.718. The molecule has 0 radical (unpaired) electrons. The van der Waals surface area contributed by atoms with Crippen molar-refractivity contribution in [2.75, 3.05) is 25.4 Å². The average molecular weight is 227 g/mol. The molecule has 0 aliphatic carbocycles. The van der Waals surface area contributed by atoms with Gasteiger partial charge >= 0.3 is 5.97 Å². The second-order valence-electron chi connectivity index (χ2n) is 2.42. The van der Waals surface area contributed by atoms with E-state index in [4.69, 9.17) is 0 Å². The van der Waals surface area contributed by atoms with Gasteiger partial charge in [0.15, 0.2) is 0 Å². The van der Waals surface area contributed by atoms with Crippen LogP contribution in [0.25, 0.3) is 0 Å². The molecule has 0 rings (SSSR count). The van der Waals surface area contributed by atoms with Crippen molar-refractivity contribution in [3.8, 4) is 0 Å². The van der Waals surface area contributed by atoms with E-state index in [-0.39, 0.29) is 0 Å². The Bertz CT molecular complexity index is 262. The molecule has 0 aliphatic rings. The molecule has 0 saturated heterocycles. The van der Waals surface area contributed by atoms with Crippen LogP contribution >= 0.6 is 11.8 Å². The Kier molecular flexibility index (Phi) is 5.34. The molecular formula is C6H13NO4S2. The Morgan fingerprint density at radius 3 is 2.46 bits per heavy atom. The lowest BCUT2D eigenvalue weighted by molar-refractivity contribution is -0.141. The van der Waals surface area contributed by atoms with E-state index in [1.165, 1.54) is 18.9 Å². The summed E-state index contributed by atoms with van der Waals surface area (Å²) in [5.74, 6) is -0.209. The maximum absolute atomic E-state index is 11.0. The van der Waals surface area contributed by atoms with Crippen LogP contribution in [-0.2, 0) is 19.6 Å². The van der Waals surface area contributed by atoms with E-state index in [2.05, 4.69) is 9.46 Å². The first kappa shape index (κ1) is 12.7. The number of carbonyl (C=O) groups is 1. The highest BCUT2D eigenvalue weighted by atomic mass is 32.2. The third kappa shape index (κ3) is 5.89. The largest absolute Gasteiger partial charge is 0.468 e. The second kappa shape index (κ2) is 5.46. The molecule has 0 bridgehead atoms. The van der Waals surface area contributed by atoms with Crippen LogP contribution in [0.2, 0.25) is 0 Å². The molecule has 78 valence electrons. The predicted octanol–water partition coefficient (Wildman–Crippen LogP) is -0.560. The predicted molar refractivity (Wildman–Crippen MR) is 52.2 cm³/mol. The summed E-state index contributed by atoms with van der Waals surface area (Å²) in [4.78, 5) is 11.0. The SMILES string of the molecule is COC(=O)[C@H](CSC)NS(C)(=O)=O. The molecule has 0 spiro atoms. The standard InChI is InChI=1S/C6H13NO4S2/c1-11-6(8)5(4-12-2)7-13(3,9)10/h5,7H,4H2,1-3H3/t5-/m0/s1. The van der Waals surface area contributed by atoms with Crippen LogP contribution in [0.1, 0.15) is 0 Å². The van der Waals surface area contributed by atoms with Crippen LogP contribution < -0.4 is 4.72 Å². The molecule has 0 saturated carbocycles. The number of carbonyl (C=O) groups excluding carboxylic acids is 1. The lowest BCUT2D eigenvalue weighted by atomic mass is 10.4. The van der Waals surface area contributed by atoms with Gasteiger partial charge in [-0.15, -0.1) is 0 Å². The van der Waals surface area contributed by atoms with Crippen molar-refractivity contribution in [2.45, 2.75) is 6.04 Å². The first-order valence-corrected chi connectivity index (χ1v) is 6.73. The lowest BCUT2D eigenvalue weighted by Gasteiger charge is -2.13. The van der Waals surface area contributed by atoms with Crippen molar-refractivity contribution < 1.29 is 17.9 Å². The van der Waals surface area contributed by atoms with Gasteiger partial charge in [-0.25, -0.2) is 13.1 Å². The smallest absolute Gasteiger partial charge is 0.324 e. The summed E-state index contributed by atoms with van der Waals surface area (Å²) in [7, 11) is -2.14. The van der Waals surface area contributed by atoms with Gasteiger partial charge in [0.1, 0.15) is 6.04 Å². The zero-order chi connectivity index (χ0) is 10.5. The van der Waals surface area contributed by atoms with Crippen molar-refractivity contribution in [3.63, 3.8) is 0 Å². The first-order chi connectivity index (χ1) is 5.90. The number of ether oxygens (including phenoxy) is 1. The van der Waals surface area contributed by atoms with E-state index < -0.39 is 22.0 Å². The molecule has 0 aromatic rings. The minimum atomic E-state index is -3.36. The fourth-order valence-corrected chi connectivity index (χ4v) is 2.07. The fraction of sp³-hybridized carbons (Fsp3) is 0.833. The van der Waals surface area contributed by atoms with E-state index >= 15 is 0 Å². The van der Waals surface area contributed by atoms with Crippen molar-refractivity contribution in [1.82, 2.24) is 4.72 Å². The second-order valence-corrected chi connectivity index (χ2v) is 5.11. The molecule has 0 fully saturated rings. The number of esters is 1. The van der Waals surface area contributed by atoms with E-state index in [1.807, 2.05) is 0 Å². The molecule has 5 nitrogen and oxygen atoms in total. The number of thioether (sulfide) groups is 1. The van der Waals surface area contributed by atoms with Gasteiger partial charge in [-0.05, 0) is 6.26 Å². The van der Waals surface area contributed by atoms with Gasteiger partial charge < -0.3 is 4.74 Å². The normalized spacial score (nSPS) is 13.8. The number of sulfonamides is 1. The molecule has 0 amide bonds. The van der Waals surface area contributed by atoms with Crippen LogP contribution in [0.4, 0.5) is 0 Å². The summed E-state index contributed by atoms with van der Waals surface area (Å²) in [6.07, 6.45) is 2.78. The van der Waals surface area contributed by atoms with Crippen molar-refractivity contribution in [2.24, 2.45) is 0 Å². The van der Waals surface area contributed by atoms with Gasteiger partial charge in [-0.1, -0.05) is 0 Å². The number of nitrogens with one attached hydrogen (secondary N) is 1. The molecule has 0 unspecified atom stereocenters. The number of hydrogen-bond acceptors (Lipinski definition) is 5. The van der Waals surface area contributed by atoms with Gasteiger partial charge in [0, 0.05) is 5.75 Å². The molecule has 1 N–H and O–H groups in total. The first-order valence-electron chi connectivity index (χ1n) is 3.44. The van der Waals surface area contributed by atoms with Crippen molar-refractivity contribution in [3.05, 3.63) is 0 Å². The summed E-state index contributed by atoms with van der Waals surface area (Å²) in [6, 6.07) is -0.796. The lowest BCUT2D eigenvalue weighted by Crippen LogP contribution is -2.42. The number of rotatable bonds is 5. The zero-order valence-electron chi connectivity index (χ0n) is 7.73. The Labute approximate surface area is 82.3 Å². The van der Waals surface area contributed by atoms with Gasteiger partial charge in [0.25, 0.3) is 0 Å². The topological polar surface area (TPSA) is 72.5 Å². The summed E-state index contributed by atoms with van der Waals surface area (Å²) in [5.41, 5.74) is 0. The summed E-state index contributed by atoms with van der Waals surface area (Å²) < 4.78 is 28.2. The highest BCUT2D eigenvalue weighted by molar-refractivity contribution is 7.98. The average Bonchev–Trinajstić information content (AvgIpc) is 2.00. The van der Waals surface area contributed by atoms with Gasteiger partial charge in [-0.2, -0.15) is 11.8 Å². The summed E-state index contributed by atoms with van der Waals surface area (Å²) in [5, 5.41) is 0. The van der Waals surface area contributed by atoms with Crippen LogP contribution in [0.15, 0.2) is 0 Å². The molecule has 0 heterocycles. The Hall–Kier alpha value is -0.270. The van der Waals surface area contributed by atoms with Crippen LogP contribution in [0.5, 0.6) is 0 Å². The maximum atomic E-state index is 11.0. The summed E-state index contributed by atoms with van der Waals surface area (Å²) >= 11 is 1.37. The van der Waals surface area contributed by atoms with Crippen LogP contribution in [0, 0.1) is 0 Å². The number of methoxy groups -OCH3 is 1. The minimum Gasteiger partial charge on any atom is -0.468 e. The van der Waals surface area contributed by atoms with E-state index in [9.17, 15) is 13.2 Å². The highest BCUT2D eigenvalue weighted by Gasteiger charge is 2.21. The van der Waals surface area contributed by atoms with E-state index in [1.54, 1.807) is 6.26 Å².